The van der Waals surface area contributed by atoms with E-state index >= 15 is 0 Å². The average molecular weight is 278 g/mol. The number of hydrogen-bond donors (Lipinski definition) is 1. The number of methoxy groups -OCH3 is 1. The first-order valence-corrected chi connectivity index (χ1v) is 6.58. The summed E-state index contributed by atoms with van der Waals surface area (Å²) < 4.78 is 10.3. The maximum absolute atomic E-state index is 11.5. The number of rotatable bonds is 5. The lowest BCUT2D eigenvalue weighted by atomic mass is 10.2. The van der Waals surface area contributed by atoms with Crippen molar-refractivity contribution in [3.8, 4) is 5.75 Å². The summed E-state index contributed by atoms with van der Waals surface area (Å²) in [6.07, 6.45) is 0.642. The van der Waals surface area contributed by atoms with Crippen molar-refractivity contribution in [2.75, 3.05) is 19.5 Å². The van der Waals surface area contributed by atoms with Crippen LogP contribution in [0.25, 0.3) is 0 Å². The Hall–Kier alpha value is -2.08. The summed E-state index contributed by atoms with van der Waals surface area (Å²) in [6, 6.07) is 6.98. The topological polar surface area (TPSA) is 74.4 Å². The van der Waals surface area contributed by atoms with Gasteiger partial charge >= 0.3 is 5.97 Å². The molecule has 0 unspecified atom stereocenters. The van der Waals surface area contributed by atoms with E-state index in [0.29, 0.717) is 29.5 Å². The van der Waals surface area contributed by atoms with E-state index in [1.165, 1.54) is 18.4 Å². The Labute approximate surface area is 115 Å². The van der Waals surface area contributed by atoms with Crippen molar-refractivity contribution in [3.63, 3.8) is 0 Å². The third-order valence-corrected chi connectivity index (χ3v) is 3.20. The molecule has 0 saturated heterocycles. The molecule has 5 nitrogen and oxygen atoms in total. The summed E-state index contributed by atoms with van der Waals surface area (Å²) in [5, 5.41) is 2.44. The number of carbonyl (C=O) groups is 1. The maximum Gasteiger partial charge on any atom is 0.341 e. The summed E-state index contributed by atoms with van der Waals surface area (Å²) in [6.45, 7) is 0.428. The second-order valence-corrected chi connectivity index (χ2v) is 4.65. The zero-order valence-corrected chi connectivity index (χ0v) is 11.3. The molecule has 2 aromatic rings. The van der Waals surface area contributed by atoms with E-state index in [4.69, 9.17) is 15.2 Å². The predicted octanol–water partition coefficient (Wildman–Crippen LogP) is 2.13. The summed E-state index contributed by atoms with van der Waals surface area (Å²) in [7, 11) is 1.34. The van der Waals surface area contributed by atoms with E-state index in [0.717, 1.165) is 5.69 Å². The fraction of sp³-hybridized carbons (Fsp3) is 0.231. The zero-order chi connectivity index (χ0) is 13.7. The van der Waals surface area contributed by atoms with Crippen LogP contribution in [-0.2, 0) is 11.2 Å². The minimum atomic E-state index is -0.409. The van der Waals surface area contributed by atoms with Crippen LogP contribution < -0.4 is 10.5 Å². The van der Waals surface area contributed by atoms with Crippen LogP contribution in [0.15, 0.2) is 29.6 Å². The Bertz CT molecular complexity index is 569. The molecule has 2 N–H and O–H groups in total. The lowest BCUT2D eigenvalue weighted by Crippen LogP contribution is -2.08. The molecule has 0 spiro atoms. The van der Waals surface area contributed by atoms with Crippen LogP contribution in [0.5, 0.6) is 5.75 Å². The highest BCUT2D eigenvalue weighted by atomic mass is 32.1. The first-order chi connectivity index (χ1) is 9.20. The van der Waals surface area contributed by atoms with Crippen molar-refractivity contribution >= 4 is 22.4 Å². The molecule has 100 valence electrons. The van der Waals surface area contributed by atoms with Crippen LogP contribution in [0.1, 0.15) is 16.1 Å². The van der Waals surface area contributed by atoms with Gasteiger partial charge in [0.1, 0.15) is 11.3 Å². The highest BCUT2D eigenvalue weighted by molar-refractivity contribution is 7.13. The van der Waals surface area contributed by atoms with Crippen LogP contribution >= 0.6 is 11.3 Å². The summed E-state index contributed by atoms with van der Waals surface area (Å²) in [5.74, 6) is 0.103. The van der Waals surface area contributed by atoms with Crippen molar-refractivity contribution in [1.82, 2.24) is 4.98 Å². The first kappa shape index (κ1) is 13.4. The molecule has 0 saturated carbocycles. The van der Waals surface area contributed by atoms with Gasteiger partial charge in [0.25, 0.3) is 0 Å². The van der Waals surface area contributed by atoms with Gasteiger partial charge < -0.3 is 15.2 Å². The number of anilines is 1. The minimum Gasteiger partial charge on any atom is -0.492 e. The van der Waals surface area contributed by atoms with Crippen LogP contribution in [0.4, 0.5) is 5.13 Å². The van der Waals surface area contributed by atoms with E-state index in [1.807, 2.05) is 11.4 Å². The number of para-hydroxylation sites is 1. The number of nitrogens with two attached hydrogens (primary N) is 1. The fourth-order valence-electron chi connectivity index (χ4n) is 1.57. The highest BCUT2D eigenvalue weighted by Gasteiger charge is 2.12. The second-order valence-electron chi connectivity index (χ2n) is 3.76. The molecule has 1 heterocycles. The van der Waals surface area contributed by atoms with E-state index in [9.17, 15) is 4.79 Å². The summed E-state index contributed by atoms with van der Waals surface area (Å²) in [4.78, 5) is 15.7. The number of ether oxygens (including phenoxy) is 2. The number of carbonyl (C=O) groups excluding carboxylic acids is 1. The van der Waals surface area contributed by atoms with E-state index in [2.05, 4.69) is 4.98 Å². The number of benzene rings is 1. The number of hydrogen-bond acceptors (Lipinski definition) is 6. The quantitative estimate of drug-likeness (QED) is 0.848. The van der Waals surface area contributed by atoms with Crippen LogP contribution in [0, 0.1) is 0 Å². The molecule has 0 fully saturated rings. The molecular weight excluding hydrogens is 264 g/mol. The molecule has 0 atom stereocenters. The lowest BCUT2D eigenvalue weighted by Gasteiger charge is -2.09. The second kappa shape index (κ2) is 6.19. The fourth-order valence-corrected chi connectivity index (χ4v) is 2.17. The van der Waals surface area contributed by atoms with Gasteiger partial charge in [-0.05, 0) is 12.1 Å². The molecule has 0 amide bonds. The Balaban J connectivity index is 1.97. The molecule has 6 heteroatoms. The minimum absolute atomic E-state index is 0.409. The highest BCUT2D eigenvalue weighted by Crippen LogP contribution is 2.19. The Morgan fingerprint density at radius 3 is 2.89 bits per heavy atom. The van der Waals surface area contributed by atoms with Crippen molar-refractivity contribution < 1.29 is 14.3 Å². The van der Waals surface area contributed by atoms with Gasteiger partial charge in [-0.2, -0.15) is 0 Å². The van der Waals surface area contributed by atoms with Crippen molar-refractivity contribution in [2.24, 2.45) is 0 Å². The molecule has 2 rings (SSSR count). The van der Waals surface area contributed by atoms with Gasteiger partial charge in [-0.15, -0.1) is 11.3 Å². The smallest absolute Gasteiger partial charge is 0.341 e. The average Bonchev–Trinajstić information content (AvgIpc) is 2.84. The zero-order valence-electron chi connectivity index (χ0n) is 10.5. The maximum atomic E-state index is 11.5. The van der Waals surface area contributed by atoms with Gasteiger partial charge in [0.2, 0.25) is 0 Å². The molecule has 0 aliphatic carbocycles. The molecular formula is C13H14N2O3S. The molecule has 0 bridgehead atoms. The Kier molecular flexibility index (Phi) is 4.35. The summed E-state index contributed by atoms with van der Waals surface area (Å²) in [5.41, 5.74) is 6.86. The normalized spacial score (nSPS) is 10.2. The van der Waals surface area contributed by atoms with Gasteiger partial charge in [0.05, 0.1) is 19.4 Å². The van der Waals surface area contributed by atoms with Crippen molar-refractivity contribution in [2.45, 2.75) is 6.42 Å². The first-order valence-electron chi connectivity index (χ1n) is 5.70. The third-order valence-electron chi connectivity index (χ3n) is 2.48. The number of nitrogens with zero attached hydrogens (tertiary/aromatic N) is 1. The van der Waals surface area contributed by atoms with E-state index < -0.39 is 5.97 Å². The van der Waals surface area contributed by atoms with Gasteiger partial charge in [0, 0.05) is 11.8 Å². The van der Waals surface area contributed by atoms with E-state index in [-0.39, 0.29) is 0 Å². The number of aromatic nitrogens is 1. The number of nitrogen functional groups attached to an aromatic ring is 1. The Morgan fingerprint density at radius 1 is 1.42 bits per heavy atom. The van der Waals surface area contributed by atoms with Crippen LogP contribution in [-0.4, -0.2) is 24.7 Å². The van der Waals surface area contributed by atoms with Crippen molar-refractivity contribution in [1.29, 1.82) is 0 Å². The number of thiazole rings is 1. The standard InChI is InChI=1S/C13H14N2O3S/c1-17-12(16)10-4-2-3-5-11(10)18-7-6-9-8-19-13(14)15-9/h2-5,8H,6-7H2,1H3,(H2,14,15). The largest absolute Gasteiger partial charge is 0.492 e. The SMILES string of the molecule is COC(=O)c1ccccc1OCCc1csc(N)n1. The third kappa shape index (κ3) is 3.45. The molecule has 0 radical (unpaired) electrons. The Morgan fingerprint density at radius 2 is 2.21 bits per heavy atom. The lowest BCUT2D eigenvalue weighted by molar-refractivity contribution is 0.0596. The van der Waals surface area contributed by atoms with E-state index in [1.54, 1.807) is 18.2 Å². The molecule has 1 aromatic heterocycles. The van der Waals surface area contributed by atoms with Crippen LogP contribution in [0.2, 0.25) is 0 Å². The summed E-state index contributed by atoms with van der Waals surface area (Å²) >= 11 is 1.40. The van der Waals surface area contributed by atoms with Crippen LogP contribution in [0.3, 0.4) is 0 Å². The molecule has 0 aliphatic heterocycles. The van der Waals surface area contributed by atoms with Gasteiger partial charge in [-0.3, -0.25) is 0 Å². The molecule has 1 aromatic carbocycles. The molecule has 19 heavy (non-hydrogen) atoms. The van der Waals surface area contributed by atoms with Gasteiger partial charge in [-0.25, -0.2) is 9.78 Å². The number of esters is 1. The molecule has 0 aliphatic rings. The predicted molar refractivity (Wildman–Crippen MR) is 73.5 cm³/mol. The van der Waals surface area contributed by atoms with Crippen molar-refractivity contribution in [3.05, 3.63) is 40.9 Å². The van der Waals surface area contributed by atoms with Gasteiger partial charge in [0.15, 0.2) is 5.13 Å². The monoisotopic (exact) mass is 278 g/mol. The van der Waals surface area contributed by atoms with Gasteiger partial charge in [-0.1, -0.05) is 12.1 Å².